The van der Waals surface area contributed by atoms with Crippen molar-refractivity contribution in [2.45, 2.75) is 19.9 Å². The summed E-state index contributed by atoms with van der Waals surface area (Å²) >= 11 is 0. The van der Waals surface area contributed by atoms with E-state index in [0.717, 1.165) is 0 Å². The maximum atomic E-state index is 12.9. The van der Waals surface area contributed by atoms with Gasteiger partial charge in [0.25, 0.3) is 11.8 Å². The zero-order valence-electron chi connectivity index (χ0n) is 14.6. The Morgan fingerprint density at radius 1 is 1.04 bits per heavy atom. The largest absolute Gasteiger partial charge is 0.481 e. The maximum Gasteiger partial charge on any atom is 0.303 e. The molecule has 142 valence electrons. The summed E-state index contributed by atoms with van der Waals surface area (Å²) in [5.74, 6) is -2.84. The van der Waals surface area contributed by atoms with Gasteiger partial charge in [-0.15, -0.1) is 0 Å². The average Bonchev–Trinajstić information content (AvgIpc) is 2.65. The van der Waals surface area contributed by atoms with Gasteiger partial charge in [-0.3, -0.25) is 14.4 Å². The van der Waals surface area contributed by atoms with Crippen LogP contribution in [0.4, 0.5) is 4.39 Å². The molecule has 0 aliphatic heterocycles. The molecule has 9 heteroatoms. The van der Waals surface area contributed by atoms with Gasteiger partial charge in [0, 0.05) is 31.9 Å². The highest BCUT2D eigenvalue weighted by atomic mass is 19.1. The monoisotopic (exact) mass is 374 g/mol. The molecule has 2 amide bonds. The zero-order valence-corrected chi connectivity index (χ0v) is 14.6. The summed E-state index contributed by atoms with van der Waals surface area (Å²) in [5, 5.41) is 13.9. The van der Waals surface area contributed by atoms with Crippen molar-refractivity contribution in [2.75, 3.05) is 6.54 Å². The number of benzene rings is 1. The summed E-state index contributed by atoms with van der Waals surface area (Å²) in [6.45, 7) is 1.94. The molecular weight excluding hydrogens is 355 g/mol. The molecule has 27 heavy (non-hydrogen) atoms. The van der Waals surface area contributed by atoms with Gasteiger partial charge in [-0.1, -0.05) is 19.1 Å². The fourth-order valence-electron chi connectivity index (χ4n) is 2.26. The number of carbonyl (C=O) groups is 3. The Morgan fingerprint density at radius 2 is 1.59 bits per heavy atom. The lowest BCUT2D eigenvalue weighted by Gasteiger charge is -2.12. The van der Waals surface area contributed by atoms with Gasteiger partial charge in [-0.05, 0) is 23.6 Å². The lowest BCUT2D eigenvalue weighted by atomic mass is 10.1. The number of carboxylic acid groups (broad SMARTS) is 1. The van der Waals surface area contributed by atoms with E-state index in [4.69, 9.17) is 5.11 Å². The van der Waals surface area contributed by atoms with Crippen LogP contribution in [0.3, 0.4) is 0 Å². The normalized spacial score (nSPS) is 11.5. The first kappa shape index (κ1) is 20.0. The number of amides is 2. The molecule has 1 aromatic heterocycles. The van der Waals surface area contributed by atoms with Gasteiger partial charge in [0.05, 0.1) is 0 Å². The van der Waals surface area contributed by atoms with Crippen molar-refractivity contribution in [3.8, 4) is 0 Å². The fraction of sp³-hybridized carbons (Fsp3) is 0.278. The van der Waals surface area contributed by atoms with Gasteiger partial charge in [0.15, 0.2) is 11.4 Å². The van der Waals surface area contributed by atoms with Crippen LogP contribution in [0.2, 0.25) is 0 Å². The van der Waals surface area contributed by atoms with E-state index in [9.17, 15) is 18.8 Å². The van der Waals surface area contributed by atoms with E-state index in [1.165, 1.54) is 36.7 Å². The number of aliphatic carboxylic acids is 1. The van der Waals surface area contributed by atoms with Crippen LogP contribution < -0.4 is 10.6 Å². The molecule has 0 saturated carbocycles. The van der Waals surface area contributed by atoms with Crippen molar-refractivity contribution in [2.24, 2.45) is 5.92 Å². The molecule has 1 aromatic carbocycles. The highest BCUT2D eigenvalue weighted by Crippen LogP contribution is 2.06. The van der Waals surface area contributed by atoms with Crippen LogP contribution in [0, 0.1) is 11.7 Å². The molecule has 0 radical (unpaired) electrons. The molecule has 3 N–H and O–H groups in total. The molecule has 1 heterocycles. The number of hydrogen-bond acceptors (Lipinski definition) is 5. The van der Waals surface area contributed by atoms with E-state index in [1.54, 1.807) is 6.92 Å². The Hall–Kier alpha value is -3.36. The quantitative estimate of drug-likeness (QED) is 0.642. The van der Waals surface area contributed by atoms with E-state index in [0.29, 0.717) is 5.56 Å². The van der Waals surface area contributed by atoms with Crippen LogP contribution in [0.1, 0.15) is 39.9 Å². The number of rotatable bonds is 8. The molecule has 8 nitrogen and oxygen atoms in total. The summed E-state index contributed by atoms with van der Waals surface area (Å²) in [6.07, 6.45) is 2.48. The van der Waals surface area contributed by atoms with Gasteiger partial charge in [0.1, 0.15) is 5.82 Å². The molecule has 0 bridgehead atoms. The standard InChI is InChI=1S/C18H19FN4O4/c1-11(8-14(24)25)9-22-17(26)15-16(21-7-6-20-15)18(27)23-10-12-2-4-13(19)5-3-12/h2-7,11H,8-10H2,1H3,(H,22,26)(H,23,27)(H,24,25). The minimum Gasteiger partial charge on any atom is -0.481 e. The molecule has 0 fully saturated rings. The number of carboxylic acids is 1. The third-order valence-electron chi connectivity index (χ3n) is 3.63. The fourth-order valence-corrected chi connectivity index (χ4v) is 2.26. The van der Waals surface area contributed by atoms with E-state index in [2.05, 4.69) is 20.6 Å². The molecule has 1 atom stereocenters. The Kier molecular flexibility index (Phi) is 6.93. The number of halogens is 1. The molecule has 0 saturated heterocycles. The van der Waals surface area contributed by atoms with Gasteiger partial charge < -0.3 is 15.7 Å². The van der Waals surface area contributed by atoms with Crippen molar-refractivity contribution < 1.29 is 23.9 Å². The first-order chi connectivity index (χ1) is 12.9. The van der Waals surface area contributed by atoms with Gasteiger partial charge in [0.2, 0.25) is 0 Å². The lowest BCUT2D eigenvalue weighted by molar-refractivity contribution is -0.137. The minimum atomic E-state index is -0.961. The smallest absolute Gasteiger partial charge is 0.303 e. The predicted octanol–water partition coefficient (Wildman–Crippen LogP) is 1.39. The Balaban J connectivity index is 2.00. The van der Waals surface area contributed by atoms with Crippen molar-refractivity contribution in [3.63, 3.8) is 0 Å². The van der Waals surface area contributed by atoms with Crippen molar-refractivity contribution >= 4 is 17.8 Å². The topological polar surface area (TPSA) is 121 Å². The Bertz CT molecular complexity index is 826. The third kappa shape index (κ3) is 6.14. The van der Waals surface area contributed by atoms with Gasteiger partial charge in [-0.2, -0.15) is 0 Å². The van der Waals surface area contributed by atoms with Crippen LogP contribution in [0.25, 0.3) is 0 Å². The second kappa shape index (κ2) is 9.37. The molecule has 1 unspecified atom stereocenters. The molecule has 0 spiro atoms. The van der Waals surface area contributed by atoms with Crippen molar-refractivity contribution in [1.82, 2.24) is 20.6 Å². The number of hydrogen-bond donors (Lipinski definition) is 3. The number of nitrogens with zero attached hydrogens (tertiary/aromatic N) is 2. The lowest BCUT2D eigenvalue weighted by Crippen LogP contribution is -2.33. The van der Waals surface area contributed by atoms with E-state index < -0.39 is 17.8 Å². The van der Waals surface area contributed by atoms with Crippen molar-refractivity contribution in [3.05, 3.63) is 59.4 Å². The highest BCUT2D eigenvalue weighted by molar-refractivity contribution is 6.04. The summed E-state index contributed by atoms with van der Waals surface area (Å²) in [7, 11) is 0. The summed E-state index contributed by atoms with van der Waals surface area (Å²) in [4.78, 5) is 43.1. The maximum absolute atomic E-state index is 12.9. The minimum absolute atomic E-state index is 0.0915. The van der Waals surface area contributed by atoms with Gasteiger partial charge >= 0.3 is 5.97 Å². The second-order valence-electron chi connectivity index (χ2n) is 5.98. The summed E-state index contributed by atoms with van der Waals surface area (Å²) in [6, 6.07) is 5.62. The molecule has 0 aliphatic carbocycles. The zero-order chi connectivity index (χ0) is 19.8. The predicted molar refractivity (Wildman–Crippen MR) is 93.4 cm³/mol. The Labute approximate surface area is 154 Å². The van der Waals surface area contributed by atoms with E-state index >= 15 is 0 Å². The molecule has 2 rings (SSSR count). The number of aromatic nitrogens is 2. The van der Waals surface area contributed by atoms with Crippen LogP contribution in [-0.2, 0) is 11.3 Å². The number of carbonyl (C=O) groups excluding carboxylic acids is 2. The van der Waals surface area contributed by atoms with Crippen LogP contribution in [0.5, 0.6) is 0 Å². The van der Waals surface area contributed by atoms with E-state index in [1.807, 2.05) is 0 Å². The third-order valence-corrected chi connectivity index (χ3v) is 3.63. The van der Waals surface area contributed by atoms with E-state index in [-0.39, 0.29) is 42.6 Å². The van der Waals surface area contributed by atoms with Crippen LogP contribution in [0.15, 0.2) is 36.7 Å². The van der Waals surface area contributed by atoms with Crippen LogP contribution >= 0.6 is 0 Å². The SMILES string of the molecule is CC(CNC(=O)c1nccnc1C(=O)NCc1ccc(F)cc1)CC(=O)O. The second-order valence-corrected chi connectivity index (χ2v) is 5.98. The molecular formula is C18H19FN4O4. The average molecular weight is 374 g/mol. The number of nitrogens with one attached hydrogen (secondary N) is 2. The summed E-state index contributed by atoms with van der Waals surface area (Å²) in [5.41, 5.74) is 0.377. The van der Waals surface area contributed by atoms with Gasteiger partial charge in [-0.25, -0.2) is 14.4 Å². The Morgan fingerprint density at radius 3 is 2.15 bits per heavy atom. The molecule has 0 aliphatic rings. The first-order valence-electron chi connectivity index (χ1n) is 8.20. The molecule has 2 aromatic rings. The van der Waals surface area contributed by atoms with Crippen molar-refractivity contribution in [1.29, 1.82) is 0 Å². The van der Waals surface area contributed by atoms with Crippen LogP contribution in [-0.4, -0.2) is 39.4 Å². The highest BCUT2D eigenvalue weighted by Gasteiger charge is 2.20. The first-order valence-corrected chi connectivity index (χ1v) is 8.20. The summed E-state index contributed by atoms with van der Waals surface area (Å²) < 4.78 is 12.9.